The summed E-state index contributed by atoms with van der Waals surface area (Å²) in [5.74, 6) is 1.10. The number of carbonyl (C=O) groups excluding carboxylic acids is 1. The second-order valence-corrected chi connectivity index (χ2v) is 8.00. The number of aryl methyl sites for hydroxylation is 1. The molecule has 5 N–H and O–H groups in total. The molecule has 170 valence electrons. The number of unbranched alkanes of at least 4 members (excludes halogenated alkanes) is 1. The number of anilines is 1. The highest BCUT2D eigenvalue weighted by Gasteiger charge is 2.19. The molecule has 33 heavy (non-hydrogen) atoms. The van der Waals surface area contributed by atoms with Gasteiger partial charge in [0, 0.05) is 23.9 Å². The van der Waals surface area contributed by atoms with Crippen LogP contribution in [0.25, 0.3) is 21.9 Å². The molecular weight excluding hydrogens is 418 g/mol. The Labute approximate surface area is 191 Å². The summed E-state index contributed by atoms with van der Waals surface area (Å²) in [4.78, 5) is 20.9. The predicted molar refractivity (Wildman–Crippen MR) is 129 cm³/mol. The monoisotopic (exact) mass is 445 g/mol. The third-order valence-corrected chi connectivity index (χ3v) is 5.65. The molecule has 0 aliphatic heterocycles. The van der Waals surface area contributed by atoms with Crippen LogP contribution in [0.3, 0.4) is 0 Å². The average molecular weight is 446 g/mol. The molecule has 0 atom stereocenters. The van der Waals surface area contributed by atoms with Gasteiger partial charge in [-0.25, -0.2) is 9.97 Å². The van der Waals surface area contributed by atoms with Gasteiger partial charge in [0.25, 0.3) is 0 Å². The Morgan fingerprint density at radius 1 is 1.21 bits per heavy atom. The first-order valence-corrected chi connectivity index (χ1v) is 10.9. The molecule has 2 heterocycles. The standard InChI is InChI=1S/C25H27N5O3/c1-3-5-6-21-29-23-24(30(21)14-16-12-17(31)8-10-20(16)32)18-9-7-15(13-27-22(33)4-2)11-19(18)28-25(23)26/h4,7-12,31-32H,2-3,5-6,13-14H2,1H3,(H2,26,28)(H,27,33). The van der Waals surface area contributed by atoms with Crippen LogP contribution >= 0.6 is 0 Å². The van der Waals surface area contributed by atoms with Gasteiger partial charge in [-0.1, -0.05) is 32.1 Å². The number of hydrogen-bond acceptors (Lipinski definition) is 6. The first-order valence-electron chi connectivity index (χ1n) is 10.9. The summed E-state index contributed by atoms with van der Waals surface area (Å²) >= 11 is 0. The quantitative estimate of drug-likeness (QED) is 0.242. The number of nitrogens with zero attached hydrogens (tertiary/aromatic N) is 3. The summed E-state index contributed by atoms with van der Waals surface area (Å²) in [5.41, 5.74) is 9.91. The highest BCUT2D eigenvalue weighted by Crippen LogP contribution is 2.32. The van der Waals surface area contributed by atoms with Crippen LogP contribution in [0.15, 0.2) is 49.1 Å². The molecule has 8 nitrogen and oxygen atoms in total. The van der Waals surface area contributed by atoms with Gasteiger partial charge < -0.3 is 25.8 Å². The van der Waals surface area contributed by atoms with Crippen LogP contribution in [-0.4, -0.2) is 30.7 Å². The zero-order valence-electron chi connectivity index (χ0n) is 18.5. The smallest absolute Gasteiger partial charge is 0.243 e. The number of rotatable bonds is 8. The van der Waals surface area contributed by atoms with Crippen molar-refractivity contribution in [2.75, 3.05) is 5.73 Å². The van der Waals surface area contributed by atoms with Crippen molar-refractivity contribution < 1.29 is 15.0 Å². The van der Waals surface area contributed by atoms with Crippen LogP contribution < -0.4 is 11.1 Å². The van der Waals surface area contributed by atoms with E-state index in [-0.39, 0.29) is 17.4 Å². The Morgan fingerprint density at radius 2 is 2.03 bits per heavy atom. The van der Waals surface area contributed by atoms with Crippen molar-refractivity contribution in [1.29, 1.82) is 0 Å². The minimum atomic E-state index is -0.248. The molecular formula is C25H27N5O3. The van der Waals surface area contributed by atoms with Crippen molar-refractivity contribution in [2.24, 2.45) is 0 Å². The molecule has 0 radical (unpaired) electrons. The maximum Gasteiger partial charge on any atom is 0.243 e. The SMILES string of the molecule is C=CC(=O)NCc1ccc2c(c1)nc(N)c1nc(CCCC)n(Cc3cc(O)ccc3O)c12. The van der Waals surface area contributed by atoms with Gasteiger partial charge in [-0.3, -0.25) is 4.79 Å². The Morgan fingerprint density at radius 3 is 2.79 bits per heavy atom. The fourth-order valence-electron chi connectivity index (χ4n) is 3.94. The van der Waals surface area contributed by atoms with Gasteiger partial charge in [0.05, 0.1) is 17.6 Å². The van der Waals surface area contributed by atoms with E-state index in [9.17, 15) is 15.0 Å². The average Bonchev–Trinajstić information content (AvgIpc) is 3.17. The first-order chi connectivity index (χ1) is 15.9. The zero-order valence-corrected chi connectivity index (χ0v) is 18.5. The molecule has 2 aromatic carbocycles. The molecule has 4 rings (SSSR count). The van der Waals surface area contributed by atoms with Gasteiger partial charge in [-0.2, -0.15) is 0 Å². The number of nitrogens with two attached hydrogens (primary N) is 1. The van der Waals surface area contributed by atoms with E-state index < -0.39 is 0 Å². The molecule has 0 bridgehead atoms. The minimum Gasteiger partial charge on any atom is -0.508 e. The van der Waals surface area contributed by atoms with Crippen molar-refractivity contribution in [3.63, 3.8) is 0 Å². The van der Waals surface area contributed by atoms with E-state index in [4.69, 9.17) is 10.7 Å². The molecule has 4 aromatic rings. The van der Waals surface area contributed by atoms with Crippen LogP contribution in [0.5, 0.6) is 11.5 Å². The number of aromatic hydroxyl groups is 2. The molecule has 0 fully saturated rings. The van der Waals surface area contributed by atoms with Gasteiger partial charge >= 0.3 is 0 Å². The molecule has 0 aliphatic carbocycles. The fourth-order valence-corrected chi connectivity index (χ4v) is 3.94. The Balaban J connectivity index is 1.88. The van der Waals surface area contributed by atoms with Crippen molar-refractivity contribution in [3.05, 3.63) is 66.0 Å². The fraction of sp³-hybridized carbons (Fsp3) is 0.240. The van der Waals surface area contributed by atoms with E-state index in [2.05, 4.69) is 23.8 Å². The summed E-state index contributed by atoms with van der Waals surface area (Å²) in [6, 6.07) is 10.3. The minimum absolute atomic E-state index is 0.0829. The highest BCUT2D eigenvalue weighted by atomic mass is 16.3. The predicted octanol–water partition coefficient (Wildman–Crippen LogP) is 3.77. The van der Waals surface area contributed by atoms with Crippen LogP contribution in [0.4, 0.5) is 5.82 Å². The van der Waals surface area contributed by atoms with Crippen LogP contribution in [0.2, 0.25) is 0 Å². The number of aromatic nitrogens is 3. The first kappa shape index (κ1) is 22.1. The maximum atomic E-state index is 11.5. The van der Waals surface area contributed by atoms with E-state index in [0.29, 0.717) is 35.5 Å². The van der Waals surface area contributed by atoms with E-state index in [0.717, 1.165) is 41.6 Å². The molecule has 0 spiro atoms. The lowest BCUT2D eigenvalue weighted by atomic mass is 10.1. The van der Waals surface area contributed by atoms with Gasteiger partial charge in [0.15, 0.2) is 5.82 Å². The van der Waals surface area contributed by atoms with Gasteiger partial charge in [-0.05, 0) is 42.3 Å². The maximum absolute atomic E-state index is 11.5. The largest absolute Gasteiger partial charge is 0.508 e. The van der Waals surface area contributed by atoms with Gasteiger partial charge in [0.2, 0.25) is 5.91 Å². The number of fused-ring (bicyclic) bond motifs is 3. The topological polar surface area (TPSA) is 126 Å². The lowest BCUT2D eigenvalue weighted by molar-refractivity contribution is -0.116. The van der Waals surface area contributed by atoms with Crippen molar-refractivity contribution in [3.8, 4) is 11.5 Å². The molecule has 1 amide bonds. The van der Waals surface area contributed by atoms with Crippen molar-refractivity contribution >= 4 is 33.7 Å². The number of benzene rings is 2. The van der Waals surface area contributed by atoms with E-state index in [1.54, 1.807) is 6.07 Å². The summed E-state index contributed by atoms with van der Waals surface area (Å²) in [6.07, 6.45) is 3.94. The normalized spacial score (nSPS) is 11.2. The van der Waals surface area contributed by atoms with E-state index >= 15 is 0 Å². The van der Waals surface area contributed by atoms with Crippen LogP contribution in [0, 0.1) is 0 Å². The van der Waals surface area contributed by atoms with Crippen LogP contribution in [-0.2, 0) is 24.3 Å². The second kappa shape index (κ2) is 9.20. The third-order valence-electron chi connectivity index (χ3n) is 5.65. The van der Waals surface area contributed by atoms with E-state index in [1.807, 2.05) is 22.8 Å². The van der Waals surface area contributed by atoms with Gasteiger partial charge in [0.1, 0.15) is 22.8 Å². The van der Waals surface area contributed by atoms with Crippen molar-refractivity contribution in [2.45, 2.75) is 39.3 Å². The number of hydrogen-bond donors (Lipinski definition) is 4. The molecule has 2 aromatic heterocycles. The lowest BCUT2D eigenvalue weighted by Gasteiger charge is -2.13. The third kappa shape index (κ3) is 4.45. The summed E-state index contributed by atoms with van der Waals surface area (Å²) in [6.45, 7) is 6.25. The molecule has 0 saturated carbocycles. The van der Waals surface area contributed by atoms with Gasteiger partial charge in [-0.15, -0.1) is 0 Å². The number of pyridine rings is 1. The molecule has 0 saturated heterocycles. The van der Waals surface area contributed by atoms with E-state index in [1.165, 1.54) is 18.2 Å². The number of carbonyl (C=O) groups is 1. The Hall–Kier alpha value is -4.07. The lowest BCUT2D eigenvalue weighted by Crippen LogP contribution is -2.19. The molecule has 8 heteroatoms. The number of amides is 1. The van der Waals surface area contributed by atoms with Crippen molar-refractivity contribution in [1.82, 2.24) is 19.9 Å². The number of nitrogen functional groups attached to an aromatic ring is 1. The Bertz CT molecular complexity index is 1360. The van der Waals surface area contributed by atoms with Crippen LogP contribution in [0.1, 0.15) is 36.7 Å². The number of nitrogens with one attached hydrogen (secondary N) is 1. The summed E-state index contributed by atoms with van der Waals surface area (Å²) in [7, 11) is 0. The number of phenols is 2. The number of imidazole rings is 1. The highest BCUT2D eigenvalue weighted by molar-refractivity contribution is 6.06. The Kier molecular flexibility index (Phi) is 6.17. The molecule has 0 unspecified atom stereocenters. The second-order valence-electron chi connectivity index (χ2n) is 8.00. The summed E-state index contributed by atoms with van der Waals surface area (Å²) < 4.78 is 2.04. The summed E-state index contributed by atoms with van der Waals surface area (Å²) in [5, 5.41) is 24.0. The zero-order chi connectivity index (χ0) is 23.5. The molecule has 0 aliphatic rings. The number of phenolic OH excluding ortho intramolecular Hbond substituents is 2.